The van der Waals surface area contributed by atoms with Crippen LogP contribution in [0.2, 0.25) is 0 Å². The number of rotatable bonds is 5. The lowest BCUT2D eigenvalue weighted by Gasteiger charge is -2.18. The first-order valence-electron chi connectivity index (χ1n) is 6.46. The van der Waals surface area contributed by atoms with Gasteiger partial charge in [0.2, 0.25) is 5.91 Å². The summed E-state index contributed by atoms with van der Waals surface area (Å²) in [5, 5.41) is 3.24. The van der Waals surface area contributed by atoms with Crippen molar-refractivity contribution in [3.05, 3.63) is 35.9 Å². The minimum absolute atomic E-state index is 0.0150. The van der Waals surface area contributed by atoms with Crippen LogP contribution in [0.5, 0.6) is 0 Å². The molecule has 1 amide bonds. The number of nitrogens with zero attached hydrogens (tertiary/aromatic N) is 1. The van der Waals surface area contributed by atoms with Crippen LogP contribution in [0.1, 0.15) is 12.5 Å². The molecule has 0 saturated carbocycles. The van der Waals surface area contributed by atoms with E-state index in [0.29, 0.717) is 19.6 Å². The van der Waals surface area contributed by atoms with E-state index in [4.69, 9.17) is 0 Å². The third-order valence-corrected chi connectivity index (χ3v) is 4.75. The number of carbonyl (C=O) groups is 1. The molecule has 0 radical (unpaired) electrons. The van der Waals surface area contributed by atoms with E-state index in [2.05, 4.69) is 5.32 Å². The Hall–Kier alpha value is -1.20. The van der Waals surface area contributed by atoms with Crippen molar-refractivity contribution in [3.63, 3.8) is 0 Å². The van der Waals surface area contributed by atoms with Crippen LogP contribution in [0, 0.1) is 0 Å². The third kappa shape index (κ3) is 3.64. The fourth-order valence-electron chi connectivity index (χ4n) is 2.19. The van der Waals surface area contributed by atoms with E-state index in [1.54, 1.807) is 11.2 Å². The number of benzene rings is 1. The van der Waals surface area contributed by atoms with Gasteiger partial charge in [-0.15, -0.1) is 0 Å². The topological polar surface area (TPSA) is 49.4 Å². The molecule has 1 aliphatic heterocycles. The van der Waals surface area contributed by atoms with Gasteiger partial charge in [0.1, 0.15) is 0 Å². The maximum Gasteiger partial charge on any atom is 0.241 e. The van der Waals surface area contributed by atoms with E-state index in [1.165, 1.54) is 0 Å². The minimum atomic E-state index is -0.892. The molecule has 0 spiro atoms. The molecule has 1 heterocycles. The standard InChI is InChI=1S/C14H20N2O2S/c1-11(19(2)18)9-16-10-15-13(14(16)17)8-12-6-4-3-5-7-12/h3-7,11,13,15H,8-10H2,1-2H3. The summed E-state index contributed by atoms with van der Waals surface area (Å²) in [5.74, 6) is 0.112. The molecular weight excluding hydrogens is 260 g/mol. The molecule has 1 N–H and O–H groups in total. The van der Waals surface area contributed by atoms with Crippen LogP contribution in [0.15, 0.2) is 30.3 Å². The second-order valence-corrected chi connectivity index (χ2v) is 6.78. The first-order valence-corrected chi connectivity index (χ1v) is 8.08. The maximum atomic E-state index is 12.2. The highest BCUT2D eigenvalue weighted by Gasteiger charge is 2.32. The molecule has 1 aromatic carbocycles. The van der Waals surface area contributed by atoms with Gasteiger partial charge in [-0.25, -0.2) is 0 Å². The molecule has 1 saturated heterocycles. The van der Waals surface area contributed by atoms with Crippen LogP contribution in [-0.4, -0.2) is 45.8 Å². The summed E-state index contributed by atoms with van der Waals surface area (Å²) in [6.45, 7) is 3.02. The third-order valence-electron chi connectivity index (χ3n) is 3.47. The zero-order valence-electron chi connectivity index (χ0n) is 11.3. The maximum absolute atomic E-state index is 12.2. The Bertz CT molecular complexity index is 464. The number of carbonyl (C=O) groups excluding carboxylic acids is 1. The van der Waals surface area contributed by atoms with E-state index in [1.807, 2.05) is 37.3 Å². The van der Waals surface area contributed by atoms with Crippen molar-refractivity contribution in [2.75, 3.05) is 19.5 Å². The molecule has 0 aliphatic carbocycles. The molecule has 104 valence electrons. The summed E-state index contributed by atoms with van der Waals surface area (Å²) >= 11 is 0. The summed E-state index contributed by atoms with van der Waals surface area (Å²) in [6, 6.07) is 9.84. The summed E-state index contributed by atoms with van der Waals surface area (Å²) in [4.78, 5) is 14.0. The summed E-state index contributed by atoms with van der Waals surface area (Å²) in [5.41, 5.74) is 1.15. The van der Waals surface area contributed by atoms with Crippen LogP contribution in [-0.2, 0) is 22.0 Å². The molecular formula is C14H20N2O2S. The quantitative estimate of drug-likeness (QED) is 0.866. The average molecular weight is 280 g/mol. The van der Waals surface area contributed by atoms with Gasteiger partial charge in [-0.1, -0.05) is 30.3 Å². The molecule has 3 atom stereocenters. The molecule has 1 aliphatic rings. The van der Waals surface area contributed by atoms with Crippen molar-refractivity contribution >= 4 is 16.7 Å². The largest absolute Gasteiger partial charge is 0.327 e. The lowest BCUT2D eigenvalue weighted by Crippen LogP contribution is -2.36. The molecule has 4 nitrogen and oxygen atoms in total. The predicted octanol–water partition coefficient (Wildman–Crippen LogP) is 0.754. The Morgan fingerprint density at radius 1 is 1.42 bits per heavy atom. The first kappa shape index (κ1) is 14.2. The molecule has 19 heavy (non-hydrogen) atoms. The highest BCUT2D eigenvalue weighted by Crippen LogP contribution is 2.11. The second-order valence-electron chi connectivity index (χ2n) is 4.97. The lowest BCUT2D eigenvalue weighted by atomic mass is 10.1. The predicted molar refractivity (Wildman–Crippen MR) is 77.2 cm³/mol. The van der Waals surface area contributed by atoms with Gasteiger partial charge in [-0.3, -0.25) is 14.3 Å². The minimum Gasteiger partial charge on any atom is -0.327 e. The van der Waals surface area contributed by atoms with Crippen LogP contribution < -0.4 is 5.32 Å². The van der Waals surface area contributed by atoms with E-state index >= 15 is 0 Å². The van der Waals surface area contributed by atoms with Gasteiger partial charge >= 0.3 is 0 Å². The molecule has 0 aromatic heterocycles. The van der Waals surface area contributed by atoms with Crippen molar-refractivity contribution in [2.24, 2.45) is 0 Å². The molecule has 3 unspecified atom stereocenters. The number of hydrogen-bond donors (Lipinski definition) is 1. The van der Waals surface area contributed by atoms with Gasteiger partial charge in [0.15, 0.2) is 0 Å². The Kier molecular flexibility index (Phi) is 4.71. The Morgan fingerprint density at radius 2 is 2.11 bits per heavy atom. The smallest absolute Gasteiger partial charge is 0.241 e. The SMILES string of the molecule is CC(CN1CNC(Cc2ccccc2)C1=O)S(C)=O. The van der Waals surface area contributed by atoms with Crippen molar-refractivity contribution in [1.29, 1.82) is 0 Å². The van der Waals surface area contributed by atoms with Gasteiger partial charge < -0.3 is 4.90 Å². The van der Waals surface area contributed by atoms with Crippen LogP contribution in [0.4, 0.5) is 0 Å². The monoisotopic (exact) mass is 280 g/mol. The zero-order valence-corrected chi connectivity index (χ0v) is 12.2. The number of amides is 1. The van der Waals surface area contributed by atoms with Gasteiger partial charge in [0.05, 0.1) is 12.7 Å². The fourth-order valence-corrected chi connectivity index (χ4v) is 2.57. The van der Waals surface area contributed by atoms with E-state index in [0.717, 1.165) is 5.56 Å². The average Bonchev–Trinajstić information content (AvgIpc) is 2.73. The second kappa shape index (κ2) is 6.30. The number of nitrogens with one attached hydrogen (secondary N) is 1. The normalized spacial score (nSPS) is 22.5. The van der Waals surface area contributed by atoms with Crippen LogP contribution in [0.25, 0.3) is 0 Å². The Balaban J connectivity index is 1.93. The van der Waals surface area contributed by atoms with Crippen LogP contribution in [0.3, 0.4) is 0 Å². The molecule has 5 heteroatoms. The van der Waals surface area contributed by atoms with Crippen molar-refractivity contribution in [2.45, 2.75) is 24.6 Å². The zero-order chi connectivity index (χ0) is 13.8. The molecule has 0 bridgehead atoms. The van der Waals surface area contributed by atoms with Gasteiger partial charge in [0.25, 0.3) is 0 Å². The summed E-state index contributed by atoms with van der Waals surface area (Å²) in [6.07, 6.45) is 2.39. The first-order chi connectivity index (χ1) is 9.08. The lowest BCUT2D eigenvalue weighted by molar-refractivity contribution is -0.128. The Morgan fingerprint density at radius 3 is 2.74 bits per heavy atom. The van der Waals surface area contributed by atoms with Crippen LogP contribution >= 0.6 is 0 Å². The van der Waals surface area contributed by atoms with Gasteiger partial charge in [-0.05, 0) is 18.9 Å². The van der Waals surface area contributed by atoms with E-state index < -0.39 is 10.8 Å². The number of hydrogen-bond acceptors (Lipinski definition) is 3. The summed E-state index contributed by atoms with van der Waals surface area (Å²) in [7, 11) is -0.892. The van der Waals surface area contributed by atoms with Crippen molar-refractivity contribution < 1.29 is 9.00 Å². The van der Waals surface area contributed by atoms with E-state index in [-0.39, 0.29) is 17.2 Å². The van der Waals surface area contributed by atoms with Gasteiger partial charge in [0, 0.05) is 28.9 Å². The highest BCUT2D eigenvalue weighted by atomic mass is 32.2. The molecule has 2 rings (SSSR count). The summed E-state index contributed by atoms with van der Waals surface area (Å²) < 4.78 is 11.4. The molecule has 1 aromatic rings. The highest BCUT2D eigenvalue weighted by molar-refractivity contribution is 7.84. The Labute approximate surface area is 116 Å². The van der Waals surface area contributed by atoms with Crippen molar-refractivity contribution in [3.8, 4) is 0 Å². The van der Waals surface area contributed by atoms with E-state index in [9.17, 15) is 9.00 Å². The fraction of sp³-hybridized carbons (Fsp3) is 0.500. The van der Waals surface area contributed by atoms with Crippen molar-refractivity contribution in [1.82, 2.24) is 10.2 Å². The molecule has 1 fully saturated rings. The van der Waals surface area contributed by atoms with Gasteiger partial charge in [-0.2, -0.15) is 0 Å².